The molecule has 0 atom stereocenters. The van der Waals surface area contributed by atoms with Crippen molar-refractivity contribution in [3.05, 3.63) is 138 Å². The fraction of sp³-hybridized carbons (Fsp3) is 0.359. The maximum atomic E-state index is 12.4. The van der Waals surface area contributed by atoms with Gasteiger partial charge in [-0.1, -0.05) is 103 Å². The number of nitrogens with zero attached hydrogens (tertiary/aromatic N) is 1. The molecule has 1 aliphatic carbocycles. The molecule has 0 bridgehead atoms. The second kappa shape index (κ2) is 15.1. The van der Waals surface area contributed by atoms with E-state index in [-0.39, 0.29) is 6.54 Å². The predicted octanol–water partition coefficient (Wildman–Crippen LogP) is 6.02. The SMILES string of the molecule is COc1cccc(C2(CNS(=O)(=O)NC(=O)O)CCC(NC3CCN(C(c4ccccc4)(c4ccccc4)c4ccccc4)CC3)CC2)c1. The van der Waals surface area contributed by atoms with Gasteiger partial charge in [-0.25, -0.2) is 9.52 Å². The minimum absolute atomic E-state index is 0.0917. The number of methoxy groups -OCH3 is 1. The van der Waals surface area contributed by atoms with Gasteiger partial charge in [0.15, 0.2) is 0 Å². The molecule has 4 aromatic rings. The Morgan fingerprint density at radius 2 is 1.31 bits per heavy atom. The number of likely N-dealkylation sites (tertiary alicyclic amines) is 1. The van der Waals surface area contributed by atoms with Crippen LogP contribution in [0.5, 0.6) is 5.75 Å². The van der Waals surface area contributed by atoms with Crippen molar-refractivity contribution in [1.29, 1.82) is 0 Å². The van der Waals surface area contributed by atoms with E-state index >= 15 is 0 Å². The van der Waals surface area contributed by atoms with Gasteiger partial charge in [-0.3, -0.25) is 4.90 Å². The first-order chi connectivity index (χ1) is 23.7. The van der Waals surface area contributed by atoms with E-state index in [0.29, 0.717) is 17.8 Å². The van der Waals surface area contributed by atoms with Crippen LogP contribution in [0.1, 0.15) is 60.8 Å². The molecule has 0 radical (unpaired) electrons. The molecule has 1 aliphatic heterocycles. The number of hydrogen-bond donors (Lipinski definition) is 4. The van der Waals surface area contributed by atoms with Gasteiger partial charge in [-0.05, 0) is 72.9 Å². The number of nitrogens with one attached hydrogen (secondary N) is 3. The monoisotopic (exact) mass is 682 g/mol. The molecule has 9 nitrogen and oxygen atoms in total. The zero-order valence-corrected chi connectivity index (χ0v) is 28.7. The standard InChI is InChI=1S/C39H46N4O5S/c1-48-36-19-11-18-33(28-36)38(29-40-49(46,47)42-37(44)45)24-20-34(21-25-38)41-35-22-26-43(27-23-35)39(30-12-5-2-6-13-30,31-14-7-3-8-15-31)32-16-9-4-10-17-32/h2-19,28,34-35,40-42H,20-27,29H2,1H3,(H,44,45). The maximum Gasteiger partial charge on any atom is 0.419 e. The van der Waals surface area contributed by atoms with Crippen LogP contribution in [0.3, 0.4) is 0 Å². The molecule has 0 spiro atoms. The number of hydrogen-bond acceptors (Lipinski definition) is 6. The van der Waals surface area contributed by atoms with Crippen LogP contribution >= 0.6 is 0 Å². The van der Waals surface area contributed by atoms with E-state index in [1.54, 1.807) is 11.8 Å². The molecule has 258 valence electrons. The zero-order valence-electron chi connectivity index (χ0n) is 27.9. The lowest BCUT2D eigenvalue weighted by Crippen LogP contribution is -2.55. The van der Waals surface area contributed by atoms with Gasteiger partial charge in [0.25, 0.3) is 0 Å². The van der Waals surface area contributed by atoms with Crippen LogP contribution in [0.15, 0.2) is 115 Å². The lowest BCUT2D eigenvalue weighted by atomic mass is 9.68. The highest BCUT2D eigenvalue weighted by molar-refractivity contribution is 7.88. The van der Waals surface area contributed by atoms with Crippen molar-refractivity contribution in [3.8, 4) is 5.75 Å². The maximum absolute atomic E-state index is 12.4. The fourth-order valence-electron chi connectivity index (χ4n) is 8.04. The van der Waals surface area contributed by atoms with E-state index in [0.717, 1.165) is 57.2 Å². The fourth-order valence-corrected chi connectivity index (χ4v) is 8.81. The van der Waals surface area contributed by atoms with Crippen LogP contribution in [0.4, 0.5) is 4.79 Å². The summed E-state index contributed by atoms with van der Waals surface area (Å²) < 4.78 is 34.4. The van der Waals surface area contributed by atoms with Gasteiger partial charge < -0.3 is 15.2 Å². The van der Waals surface area contributed by atoms with Crippen LogP contribution in [0.2, 0.25) is 0 Å². The number of piperidine rings is 1. The second-order valence-corrected chi connectivity index (χ2v) is 14.8. The van der Waals surface area contributed by atoms with Crippen molar-refractivity contribution >= 4 is 16.3 Å². The smallest absolute Gasteiger partial charge is 0.419 e. The van der Waals surface area contributed by atoms with Crippen molar-refractivity contribution in [2.24, 2.45) is 0 Å². The third-order valence-corrected chi connectivity index (χ3v) is 11.4. The molecule has 1 amide bonds. The number of carboxylic acid groups (broad SMARTS) is 1. The van der Waals surface area contributed by atoms with Crippen LogP contribution in [-0.4, -0.2) is 63.3 Å². The highest BCUT2D eigenvalue weighted by Gasteiger charge is 2.44. The Balaban J connectivity index is 1.17. The number of rotatable bonds is 12. The molecule has 2 aliphatic rings. The van der Waals surface area contributed by atoms with Crippen molar-refractivity contribution in [2.75, 3.05) is 26.7 Å². The first-order valence-electron chi connectivity index (χ1n) is 17.1. The molecule has 10 heteroatoms. The Hall–Kier alpha value is -4.22. The Labute approximate surface area is 289 Å². The van der Waals surface area contributed by atoms with Gasteiger partial charge >= 0.3 is 16.3 Å². The third-order valence-electron chi connectivity index (χ3n) is 10.5. The number of amides is 1. The van der Waals surface area contributed by atoms with E-state index in [1.807, 2.05) is 24.3 Å². The highest BCUT2D eigenvalue weighted by atomic mass is 32.2. The van der Waals surface area contributed by atoms with Crippen molar-refractivity contribution in [2.45, 2.75) is 61.6 Å². The van der Waals surface area contributed by atoms with Gasteiger partial charge in [-0.15, -0.1) is 0 Å². The molecule has 0 unspecified atom stereocenters. The Morgan fingerprint density at radius 3 is 1.80 bits per heavy atom. The van der Waals surface area contributed by atoms with Gasteiger partial charge in [0.05, 0.1) is 12.6 Å². The predicted molar refractivity (Wildman–Crippen MR) is 192 cm³/mol. The number of carbonyl (C=O) groups is 1. The van der Waals surface area contributed by atoms with Gasteiger partial charge in [0, 0.05) is 37.1 Å². The molecular weight excluding hydrogens is 637 g/mol. The Kier molecular flexibility index (Phi) is 10.7. The van der Waals surface area contributed by atoms with Gasteiger partial charge in [0.1, 0.15) is 5.75 Å². The number of benzene rings is 4. The molecule has 6 rings (SSSR count). The summed E-state index contributed by atoms with van der Waals surface area (Å²) in [7, 11) is -2.60. The Bertz CT molecular complexity index is 1680. The average Bonchev–Trinajstić information content (AvgIpc) is 3.13. The molecule has 1 saturated carbocycles. The van der Waals surface area contributed by atoms with Crippen LogP contribution in [0, 0.1) is 0 Å². The normalized spacial score (nSPS) is 20.8. The zero-order chi connectivity index (χ0) is 34.3. The van der Waals surface area contributed by atoms with Crippen molar-refractivity contribution in [3.63, 3.8) is 0 Å². The van der Waals surface area contributed by atoms with E-state index in [4.69, 9.17) is 9.84 Å². The van der Waals surface area contributed by atoms with Crippen LogP contribution in [0.25, 0.3) is 0 Å². The summed E-state index contributed by atoms with van der Waals surface area (Å²) in [6, 6.07) is 40.9. The quantitative estimate of drug-likeness (QED) is 0.135. The summed E-state index contributed by atoms with van der Waals surface area (Å²) in [5.74, 6) is 0.702. The summed E-state index contributed by atoms with van der Waals surface area (Å²) in [5, 5.41) is 13.0. The first-order valence-corrected chi connectivity index (χ1v) is 18.5. The molecule has 4 N–H and O–H groups in total. The van der Waals surface area contributed by atoms with E-state index in [2.05, 4.69) is 106 Å². The Morgan fingerprint density at radius 1 is 0.796 bits per heavy atom. The summed E-state index contributed by atoms with van der Waals surface area (Å²) in [5.41, 5.74) is 3.84. The minimum Gasteiger partial charge on any atom is -0.497 e. The summed E-state index contributed by atoms with van der Waals surface area (Å²) >= 11 is 0. The van der Waals surface area contributed by atoms with E-state index in [1.165, 1.54) is 16.7 Å². The van der Waals surface area contributed by atoms with Crippen molar-refractivity contribution in [1.82, 2.24) is 19.7 Å². The molecule has 1 heterocycles. The summed E-state index contributed by atoms with van der Waals surface area (Å²) in [4.78, 5) is 13.7. The molecule has 2 fully saturated rings. The third kappa shape index (κ3) is 7.68. The second-order valence-electron chi connectivity index (χ2n) is 13.3. The van der Waals surface area contributed by atoms with Gasteiger partial charge in [0.2, 0.25) is 0 Å². The summed E-state index contributed by atoms with van der Waals surface area (Å²) in [6.45, 7) is 1.94. The van der Waals surface area contributed by atoms with Crippen molar-refractivity contribution < 1.29 is 23.1 Å². The molecular formula is C39H46N4O5S. The lowest BCUT2D eigenvalue weighted by molar-refractivity contribution is 0.104. The van der Waals surface area contributed by atoms with E-state index < -0.39 is 27.3 Å². The van der Waals surface area contributed by atoms with Crippen LogP contribution in [-0.2, 0) is 21.2 Å². The lowest BCUT2D eigenvalue weighted by Gasteiger charge is -2.49. The number of ether oxygens (including phenoxy) is 1. The van der Waals surface area contributed by atoms with Crippen LogP contribution < -0.4 is 19.5 Å². The highest BCUT2D eigenvalue weighted by Crippen LogP contribution is 2.44. The van der Waals surface area contributed by atoms with Gasteiger partial charge in [-0.2, -0.15) is 13.1 Å². The van der Waals surface area contributed by atoms with E-state index in [9.17, 15) is 13.2 Å². The summed E-state index contributed by atoms with van der Waals surface area (Å²) in [6.07, 6.45) is 3.62. The molecule has 4 aromatic carbocycles. The molecule has 1 saturated heterocycles. The molecule has 49 heavy (non-hydrogen) atoms. The topological polar surface area (TPSA) is 120 Å². The molecule has 0 aromatic heterocycles. The minimum atomic E-state index is -4.21. The largest absolute Gasteiger partial charge is 0.497 e. The average molecular weight is 683 g/mol. The first kappa shape index (κ1) is 34.6.